The van der Waals surface area contributed by atoms with E-state index in [4.69, 9.17) is 18.9 Å². The van der Waals surface area contributed by atoms with Crippen LogP contribution in [0, 0.1) is 0 Å². The smallest absolute Gasteiger partial charge is 0.353 e. The minimum Gasteiger partial charge on any atom is -0.450 e. The Bertz CT molecular complexity index is 875. The van der Waals surface area contributed by atoms with Crippen molar-refractivity contribution < 1.29 is 33.3 Å². The van der Waals surface area contributed by atoms with Gasteiger partial charge in [0.1, 0.15) is 12.2 Å². The highest BCUT2D eigenvalue weighted by Gasteiger charge is 2.55. The van der Waals surface area contributed by atoms with Crippen molar-refractivity contribution in [3.05, 3.63) is 47.7 Å². The second kappa shape index (κ2) is 8.80. The van der Waals surface area contributed by atoms with Crippen LogP contribution in [0.15, 0.2) is 42.1 Å². The van der Waals surface area contributed by atoms with Gasteiger partial charge in [-0.25, -0.2) is 4.79 Å². The van der Waals surface area contributed by atoms with E-state index in [1.165, 1.54) is 13.8 Å². The highest BCUT2D eigenvalue weighted by Crippen LogP contribution is 2.45. The summed E-state index contributed by atoms with van der Waals surface area (Å²) in [6.07, 6.45) is 3.37. The maximum atomic E-state index is 13.1. The second-order valence-corrected chi connectivity index (χ2v) is 8.20. The van der Waals surface area contributed by atoms with Crippen molar-refractivity contribution in [3.8, 4) is 0 Å². The van der Waals surface area contributed by atoms with E-state index in [9.17, 15) is 14.4 Å². The van der Waals surface area contributed by atoms with Crippen LogP contribution in [0.4, 0.5) is 0 Å². The van der Waals surface area contributed by atoms with Crippen molar-refractivity contribution >= 4 is 17.8 Å². The molecule has 4 atom stereocenters. The molecule has 1 saturated heterocycles. The third-order valence-corrected chi connectivity index (χ3v) is 5.75. The van der Waals surface area contributed by atoms with Crippen LogP contribution in [-0.4, -0.2) is 41.9 Å². The van der Waals surface area contributed by atoms with Crippen LogP contribution in [-0.2, 0) is 33.3 Å². The first kappa shape index (κ1) is 21.5. The Morgan fingerprint density at radius 1 is 1.06 bits per heavy atom. The van der Waals surface area contributed by atoms with Gasteiger partial charge in [0.25, 0.3) is 0 Å². The van der Waals surface area contributed by atoms with Crippen LogP contribution < -0.4 is 5.32 Å². The van der Waals surface area contributed by atoms with E-state index < -0.39 is 42.1 Å². The van der Waals surface area contributed by atoms with Gasteiger partial charge in [-0.05, 0) is 18.9 Å². The van der Waals surface area contributed by atoms with Crippen molar-refractivity contribution in [3.63, 3.8) is 0 Å². The third-order valence-electron chi connectivity index (χ3n) is 5.75. The van der Waals surface area contributed by atoms with E-state index >= 15 is 0 Å². The van der Waals surface area contributed by atoms with Gasteiger partial charge in [-0.3, -0.25) is 9.59 Å². The molecule has 1 saturated carbocycles. The number of hydrogen-bond acceptors (Lipinski definition) is 7. The van der Waals surface area contributed by atoms with Gasteiger partial charge in [-0.15, -0.1) is 0 Å². The number of esters is 2. The van der Waals surface area contributed by atoms with Crippen molar-refractivity contribution in [2.75, 3.05) is 0 Å². The number of hydrogen-bond donors (Lipinski definition) is 1. The molecule has 0 unspecified atom stereocenters. The highest BCUT2D eigenvalue weighted by atomic mass is 16.8. The number of carbonyl (C=O) groups is 3. The summed E-state index contributed by atoms with van der Waals surface area (Å²) < 4.78 is 23.6. The molecule has 0 bridgehead atoms. The van der Waals surface area contributed by atoms with E-state index in [1.807, 2.05) is 0 Å². The zero-order valence-corrected chi connectivity index (χ0v) is 17.7. The summed E-state index contributed by atoms with van der Waals surface area (Å²) in [4.78, 5) is 36.4. The number of ether oxygens (including phenoxy) is 4. The standard InChI is InChI=1S/C23H27NO7/c1-14(25)24-17-13-18-21(31-23(30-18)11-7-4-8-12-23)20(17)29-22(27)19(28-15(2)26)16-9-5-3-6-10-16/h3,5-6,9-10,13,18-21H,4,7-8,11-12H2,1-2H3,(H,24,25)/t18-,19-,20+,21-/m0/s1. The molecular formula is C23H27NO7. The molecule has 1 N–H and O–H groups in total. The van der Waals surface area contributed by atoms with Crippen molar-refractivity contribution in [2.24, 2.45) is 0 Å². The fraction of sp³-hybridized carbons (Fsp3) is 0.522. The fourth-order valence-electron chi connectivity index (χ4n) is 4.48. The highest BCUT2D eigenvalue weighted by molar-refractivity contribution is 5.81. The number of amides is 1. The first-order valence-electron chi connectivity index (χ1n) is 10.6. The van der Waals surface area contributed by atoms with Crippen molar-refractivity contribution in [1.29, 1.82) is 0 Å². The predicted molar refractivity (Wildman–Crippen MR) is 108 cm³/mol. The normalized spacial score (nSPS) is 27.2. The van der Waals surface area contributed by atoms with E-state index in [0.29, 0.717) is 11.3 Å². The summed E-state index contributed by atoms with van der Waals surface area (Å²) in [7, 11) is 0. The average molecular weight is 429 g/mol. The molecule has 166 valence electrons. The van der Waals surface area contributed by atoms with Gasteiger partial charge in [0.2, 0.25) is 12.0 Å². The number of carbonyl (C=O) groups excluding carboxylic acids is 3. The van der Waals surface area contributed by atoms with E-state index in [-0.39, 0.29) is 5.91 Å². The Kier molecular flexibility index (Phi) is 6.11. The summed E-state index contributed by atoms with van der Waals surface area (Å²) in [5, 5.41) is 2.71. The number of rotatable bonds is 5. The molecule has 0 aromatic heterocycles. The first-order chi connectivity index (χ1) is 14.9. The minimum atomic E-state index is -1.22. The Balaban J connectivity index is 1.56. The monoisotopic (exact) mass is 429 g/mol. The molecule has 0 radical (unpaired) electrons. The molecule has 2 fully saturated rings. The molecule has 4 rings (SSSR count). The molecule has 1 amide bonds. The van der Waals surface area contributed by atoms with Gasteiger partial charge < -0.3 is 24.3 Å². The summed E-state index contributed by atoms with van der Waals surface area (Å²) in [5.74, 6) is -2.31. The number of fused-ring (bicyclic) bond motifs is 1. The molecule has 3 aliphatic rings. The minimum absolute atomic E-state index is 0.292. The van der Waals surface area contributed by atoms with Crippen LogP contribution in [0.1, 0.15) is 57.6 Å². The van der Waals surface area contributed by atoms with Gasteiger partial charge in [-0.1, -0.05) is 36.8 Å². The summed E-state index contributed by atoms with van der Waals surface area (Å²) in [6.45, 7) is 2.61. The molecule has 8 heteroatoms. The zero-order valence-electron chi connectivity index (χ0n) is 17.7. The molecule has 1 aliphatic heterocycles. The molecule has 31 heavy (non-hydrogen) atoms. The first-order valence-corrected chi connectivity index (χ1v) is 10.6. The van der Waals surface area contributed by atoms with E-state index in [2.05, 4.69) is 5.32 Å². The maximum Gasteiger partial charge on any atom is 0.353 e. The largest absolute Gasteiger partial charge is 0.450 e. The van der Waals surface area contributed by atoms with E-state index in [0.717, 1.165) is 32.1 Å². The molecule has 8 nitrogen and oxygen atoms in total. The van der Waals surface area contributed by atoms with Crippen molar-refractivity contribution in [2.45, 2.75) is 76.2 Å². The lowest BCUT2D eigenvalue weighted by Crippen LogP contribution is -2.41. The van der Waals surface area contributed by atoms with Gasteiger partial charge in [0.15, 0.2) is 11.9 Å². The zero-order chi connectivity index (χ0) is 22.0. The molecule has 1 spiro atoms. The molecule has 1 heterocycles. The van der Waals surface area contributed by atoms with Gasteiger partial charge in [0, 0.05) is 32.3 Å². The predicted octanol–water partition coefficient (Wildman–Crippen LogP) is 2.68. The van der Waals surface area contributed by atoms with Gasteiger partial charge >= 0.3 is 11.9 Å². The van der Waals surface area contributed by atoms with Gasteiger partial charge in [0.05, 0.1) is 5.70 Å². The van der Waals surface area contributed by atoms with Crippen LogP contribution in [0.5, 0.6) is 0 Å². The summed E-state index contributed by atoms with van der Waals surface area (Å²) in [6, 6.07) is 8.65. The molecular weight excluding hydrogens is 402 g/mol. The van der Waals surface area contributed by atoms with Crippen LogP contribution >= 0.6 is 0 Å². The number of benzene rings is 1. The quantitative estimate of drug-likeness (QED) is 0.718. The lowest BCUT2D eigenvalue weighted by atomic mass is 9.94. The molecule has 1 aromatic carbocycles. The van der Waals surface area contributed by atoms with Crippen LogP contribution in [0.3, 0.4) is 0 Å². The Morgan fingerprint density at radius 3 is 2.42 bits per heavy atom. The Hall–Kier alpha value is -2.71. The third kappa shape index (κ3) is 4.65. The van der Waals surface area contributed by atoms with E-state index in [1.54, 1.807) is 36.4 Å². The summed E-state index contributed by atoms with van der Waals surface area (Å²) in [5.41, 5.74) is 0.908. The SMILES string of the molecule is CC(=O)NC1=C[C@@H]2OC3(CCCCC3)O[C@@H]2[C@@H]1OC(=O)[C@@H](OC(C)=O)c1ccccc1. The van der Waals surface area contributed by atoms with Crippen LogP contribution in [0.2, 0.25) is 0 Å². The molecule has 2 aliphatic carbocycles. The Labute approximate surface area is 180 Å². The lowest BCUT2D eigenvalue weighted by Gasteiger charge is -2.33. The van der Waals surface area contributed by atoms with Crippen LogP contribution in [0.25, 0.3) is 0 Å². The Morgan fingerprint density at radius 2 is 1.77 bits per heavy atom. The maximum absolute atomic E-state index is 13.1. The molecule has 1 aromatic rings. The topological polar surface area (TPSA) is 100 Å². The van der Waals surface area contributed by atoms with Crippen molar-refractivity contribution in [1.82, 2.24) is 5.32 Å². The lowest BCUT2D eigenvalue weighted by molar-refractivity contribution is -0.204. The summed E-state index contributed by atoms with van der Waals surface area (Å²) >= 11 is 0. The second-order valence-electron chi connectivity index (χ2n) is 8.20. The fourth-order valence-corrected chi connectivity index (χ4v) is 4.48. The average Bonchev–Trinajstić information content (AvgIpc) is 3.21. The van der Waals surface area contributed by atoms with Gasteiger partial charge in [-0.2, -0.15) is 0 Å². The number of nitrogens with one attached hydrogen (secondary N) is 1.